The highest BCUT2D eigenvalue weighted by Gasteiger charge is 1.82. The molecule has 0 atom stereocenters. The molecule has 0 amide bonds. The van der Waals surface area contributed by atoms with E-state index in [1.54, 1.807) is 0 Å². The lowest BCUT2D eigenvalue weighted by molar-refractivity contribution is 1.00. The van der Waals surface area contributed by atoms with Gasteiger partial charge in [-0.05, 0) is 18.6 Å². The molecule has 0 aliphatic heterocycles. The number of unbranched alkanes of at least 4 members (excludes halogenated alkanes) is 1. The molecule has 0 saturated carbocycles. The highest BCUT2D eigenvalue weighted by Crippen LogP contribution is 2.03. The first-order valence-electron chi connectivity index (χ1n) is 4.26. The molecule has 2 nitrogen and oxygen atoms in total. The van der Waals surface area contributed by atoms with E-state index in [1.165, 1.54) is 0 Å². The van der Waals surface area contributed by atoms with E-state index in [0.29, 0.717) is 0 Å². The van der Waals surface area contributed by atoms with Gasteiger partial charge in [0.2, 0.25) is 0 Å². The predicted molar refractivity (Wildman–Crippen MR) is 53.5 cm³/mol. The summed E-state index contributed by atoms with van der Waals surface area (Å²) in [5.41, 5.74) is 3.98. The van der Waals surface area contributed by atoms with Gasteiger partial charge in [-0.15, -0.1) is 0 Å². The van der Waals surface area contributed by atoms with E-state index < -0.39 is 0 Å². The number of nitrogens with zero attached hydrogens (tertiary/aromatic N) is 1. The summed E-state index contributed by atoms with van der Waals surface area (Å²) in [6, 6.07) is 9.93. The maximum Gasteiger partial charge on any atom is 0.0561 e. The molecule has 0 unspecified atom stereocenters. The van der Waals surface area contributed by atoms with Crippen LogP contribution in [-0.2, 0) is 0 Å². The molecule has 2 heteroatoms. The van der Waals surface area contributed by atoms with Crippen molar-refractivity contribution in [2.45, 2.75) is 19.8 Å². The summed E-state index contributed by atoms with van der Waals surface area (Å²) < 4.78 is 0. The SMILES string of the molecule is CCC/C=N\Nc1ccccc1. The molecule has 0 radical (unpaired) electrons. The standard InChI is InChI=1S/C10H14N2/c1-2-3-9-11-12-10-7-5-4-6-8-10/h4-9,12H,2-3H2,1H3/b11-9-. The third-order valence-corrected chi connectivity index (χ3v) is 1.48. The molecule has 0 heterocycles. The van der Waals surface area contributed by atoms with Crippen molar-refractivity contribution in [2.24, 2.45) is 5.10 Å². The number of anilines is 1. The molecule has 1 aromatic rings. The number of nitrogens with one attached hydrogen (secondary N) is 1. The van der Waals surface area contributed by atoms with Crippen LogP contribution in [0.25, 0.3) is 0 Å². The van der Waals surface area contributed by atoms with Crippen LogP contribution in [0.5, 0.6) is 0 Å². The van der Waals surface area contributed by atoms with Crippen molar-refractivity contribution in [3.05, 3.63) is 30.3 Å². The molecule has 1 aromatic carbocycles. The summed E-state index contributed by atoms with van der Waals surface area (Å²) in [4.78, 5) is 0. The van der Waals surface area contributed by atoms with Crippen LogP contribution in [0.1, 0.15) is 19.8 Å². The Morgan fingerprint density at radius 2 is 2.08 bits per heavy atom. The molecule has 0 bridgehead atoms. The molecule has 1 rings (SSSR count). The van der Waals surface area contributed by atoms with E-state index in [2.05, 4.69) is 17.5 Å². The fourth-order valence-electron chi connectivity index (χ4n) is 0.827. The fourth-order valence-corrected chi connectivity index (χ4v) is 0.827. The van der Waals surface area contributed by atoms with Crippen molar-refractivity contribution in [3.8, 4) is 0 Å². The number of hydrogen-bond donors (Lipinski definition) is 1. The summed E-state index contributed by atoms with van der Waals surface area (Å²) in [6.45, 7) is 2.13. The second kappa shape index (κ2) is 5.35. The summed E-state index contributed by atoms with van der Waals surface area (Å²) >= 11 is 0. The van der Waals surface area contributed by atoms with Crippen molar-refractivity contribution in [3.63, 3.8) is 0 Å². The van der Waals surface area contributed by atoms with Crippen molar-refractivity contribution in [1.29, 1.82) is 0 Å². The van der Waals surface area contributed by atoms with Gasteiger partial charge in [0.25, 0.3) is 0 Å². The van der Waals surface area contributed by atoms with Crippen molar-refractivity contribution in [1.82, 2.24) is 0 Å². The fraction of sp³-hybridized carbons (Fsp3) is 0.300. The molecule has 0 saturated heterocycles. The predicted octanol–water partition coefficient (Wildman–Crippen LogP) is 2.88. The number of para-hydroxylation sites is 1. The minimum Gasteiger partial charge on any atom is -0.279 e. The van der Waals surface area contributed by atoms with Crippen LogP contribution in [-0.4, -0.2) is 6.21 Å². The minimum atomic E-state index is 1.03. The molecule has 0 aromatic heterocycles. The molecule has 12 heavy (non-hydrogen) atoms. The Balaban J connectivity index is 2.33. The van der Waals surface area contributed by atoms with Crippen LogP contribution in [0.2, 0.25) is 0 Å². The maximum atomic E-state index is 4.06. The first-order chi connectivity index (χ1) is 5.93. The zero-order valence-electron chi connectivity index (χ0n) is 7.33. The zero-order chi connectivity index (χ0) is 8.65. The minimum absolute atomic E-state index is 1.03. The van der Waals surface area contributed by atoms with Crippen molar-refractivity contribution < 1.29 is 0 Å². The van der Waals surface area contributed by atoms with Gasteiger partial charge in [-0.25, -0.2) is 0 Å². The molecule has 64 valence electrons. The summed E-state index contributed by atoms with van der Waals surface area (Å²) in [6.07, 6.45) is 4.06. The van der Waals surface area contributed by atoms with Gasteiger partial charge in [-0.2, -0.15) is 5.10 Å². The first kappa shape index (κ1) is 8.78. The van der Waals surface area contributed by atoms with Crippen LogP contribution >= 0.6 is 0 Å². The second-order valence-electron chi connectivity index (χ2n) is 2.58. The van der Waals surface area contributed by atoms with Gasteiger partial charge in [0.15, 0.2) is 0 Å². The van der Waals surface area contributed by atoms with Gasteiger partial charge in [0, 0.05) is 6.21 Å². The Kier molecular flexibility index (Phi) is 3.92. The lowest BCUT2D eigenvalue weighted by atomic mass is 10.3. The van der Waals surface area contributed by atoms with Gasteiger partial charge < -0.3 is 0 Å². The highest BCUT2D eigenvalue weighted by atomic mass is 15.3. The lowest BCUT2D eigenvalue weighted by Gasteiger charge is -1.97. The average Bonchev–Trinajstić information content (AvgIpc) is 2.14. The molecule has 0 aliphatic rings. The van der Waals surface area contributed by atoms with Crippen LogP contribution in [0.4, 0.5) is 5.69 Å². The lowest BCUT2D eigenvalue weighted by Crippen LogP contribution is -1.87. The zero-order valence-corrected chi connectivity index (χ0v) is 7.33. The third kappa shape index (κ3) is 3.19. The van der Waals surface area contributed by atoms with Crippen LogP contribution < -0.4 is 5.43 Å². The first-order valence-corrected chi connectivity index (χ1v) is 4.26. The largest absolute Gasteiger partial charge is 0.279 e. The Hall–Kier alpha value is -1.31. The van der Waals surface area contributed by atoms with Crippen LogP contribution in [0.15, 0.2) is 35.4 Å². The van der Waals surface area contributed by atoms with Gasteiger partial charge >= 0.3 is 0 Å². The van der Waals surface area contributed by atoms with E-state index in [4.69, 9.17) is 0 Å². The Labute approximate surface area is 73.3 Å². The summed E-state index contributed by atoms with van der Waals surface area (Å²) in [7, 11) is 0. The summed E-state index contributed by atoms with van der Waals surface area (Å²) in [5.74, 6) is 0. The molecule has 0 aliphatic carbocycles. The van der Waals surface area contributed by atoms with Crippen molar-refractivity contribution in [2.75, 3.05) is 5.43 Å². The normalized spacial score (nSPS) is 10.4. The van der Waals surface area contributed by atoms with E-state index >= 15 is 0 Å². The average molecular weight is 162 g/mol. The molecular weight excluding hydrogens is 148 g/mol. The molecule has 1 N–H and O–H groups in total. The van der Waals surface area contributed by atoms with Crippen molar-refractivity contribution >= 4 is 11.9 Å². The smallest absolute Gasteiger partial charge is 0.0561 e. The van der Waals surface area contributed by atoms with Gasteiger partial charge in [0.1, 0.15) is 0 Å². The molecule has 0 spiro atoms. The monoisotopic (exact) mass is 162 g/mol. The van der Waals surface area contributed by atoms with Gasteiger partial charge in [-0.3, -0.25) is 5.43 Å². The maximum absolute atomic E-state index is 4.06. The highest BCUT2D eigenvalue weighted by molar-refractivity contribution is 5.59. The number of hydrazone groups is 1. The topological polar surface area (TPSA) is 24.4 Å². The third-order valence-electron chi connectivity index (χ3n) is 1.48. The Morgan fingerprint density at radius 3 is 2.75 bits per heavy atom. The van der Waals surface area contributed by atoms with Crippen LogP contribution in [0, 0.1) is 0 Å². The van der Waals surface area contributed by atoms with Crippen LogP contribution in [0.3, 0.4) is 0 Å². The van der Waals surface area contributed by atoms with E-state index in [1.807, 2.05) is 36.5 Å². The quantitative estimate of drug-likeness (QED) is 0.534. The van der Waals surface area contributed by atoms with E-state index in [9.17, 15) is 0 Å². The molecular formula is C10H14N2. The number of benzene rings is 1. The second-order valence-corrected chi connectivity index (χ2v) is 2.58. The Bertz CT molecular complexity index is 229. The molecule has 0 fully saturated rings. The van der Waals surface area contributed by atoms with E-state index in [-0.39, 0.29) is 0 Å². The number of hydrogen-bond acceptors (Lipinski definition) is 2. The summed E-state index contributed by atoms with van der Waals surface area (Å²) in [5, 5.41) is 4.06. The van der Waals surface area contributed by atoms with Gasteiger partial charge in [-0.1, -0.05) is 31.5 Å². The van der Waals surface area contributed by atoms with Gasteiger partial charge in [0.05, 0.1) is 5.69 Å². The Morgan fingerprint density at radius 1 is 1.33 bits per heavy atom. The van der Waals surface area contributed by atoms with E-state index in [0.717, 1.165) is 18.5 Å². The number of rotatable bonds is 4.